The van der Waals surface area contributed by atoms with E-state index in [-0.39, 0.29) is 24.1 Å². The van der Waals surface area contributed by atoms with Crippen LogP contribution in [-0.2, 0) is 11.3 Å². The molecule has 1 saturated carbocycles. The molecule has 152 valence electrons. The number of hydrogen-bond acceptors (Lipinski definition) is 5. The Balaban J connectivity index is 1.51. The Labute approximate surface area is 168 Å². The monoisotopic (exact) mass is 395 g/mol. The number of aromatic nitrogens is 4. The van der Waals surface area contributed by atoms with Crippen LogP contribution in [0.15, 0.2) is 41.5 Å². The van der Waals surface area contributed by atoms with Crippen LogP contribution in [0.1, 0.15) is 32.6 Å². The number of fused-ring (bicyclic) bond motifs is 1. The second-order valence-electron chi connectivity index (χ2n) is 7.71. The Morgan fingerprint density at radius 1 is 1.21 bits per heavy atom. The number of rotatable bonds is 5. The van der Waals surface area contributed by atoms with Crippen molar-refractivity contribution in [1.82, 2.24) is 24.7 Å². The van der Waals surface area contributed by atoms with Crippen LogP contribution in [0.5, 0.6) is 5.75 Å². The molecule has 1 aromatic carbocycles. The first-order valence-electron chi connectivity index (χ1n) is 9.93. The minimum absolute atomic E-state index is 0.0928. The summed E-state index contributed by atoms with van der Waals surface area (Å²) in [5, 5.41) is 11.6. The lowest BCUT2D eigenvalue weighted by Crippen LogP contribution is -2.41. The van der Waals surface area contributed by atoms with Crippen LogP contribution in [0.3, 0.4) is 0 Å². The summed E-state index contributed by atoms with van der Waals surface area (Å²) in [5.41, 5.74) is 1.56. The average molecular weight is 395 g/mol. The third-order valence-electron chi connectivity index (χ3n) is 5.55. The van der Waals surface area contributed by atoms with Gasteiger partial charge in [0.1, 0.15) is 24.1 Å². The molecule has 0 saturated heterocycles. The third kappa shape index (κ3) is 4.16. The second-order valence-corrected chi connectivity index (χ2v) is 7.71. The van der Waals surface area contributed by atoms with E-state index in [0.717, 1.165) is 42.9 Å². The fourth-order valence-corrected chi connectivity index (χ4v) is 3.77. The summed E-state index contributed by atoms with van der Waals surface area (Å²) in [6.07, 6.45) is 5.68. The molecule has 0 atom stereocenters. The first-order valence-corrected chi connectivity index (χ1v) is 9.93. The van der Waals surface area contributed by atoms with E-state index in [1.165, 1.54) is 15.5 Å². The Bertz CT molecular complexity index is 1060. The quantitative estimate of drug-likeness (QED) is 0.716. The first kappa shape index (κ1) is 19.2. The van der Waals surface area contributed by atoms with Gasteiger partial charge in [0.25, 0.3) is 5.56 Å². The first-order chi connectivity index (χ1) is 14.0. The van der Waals surface area contributed by atoms with E-state index in [2.05, 4.69) is 22.4 Å². The van der Waals surface area contributed by atoms with Crippen molar-refractivity contribution in [1.29, 1.82) is 0 Å². The van der Waals surface area contributed by atoms with Gasteiger partial charge < -0.3 is 10.1 Å². The Morgan fingerprint density at radius 2 is 1.93 bits per heavy atom. The van der Waals surface area contributed by atoms with E-state index in [1.54, 1.807) is 13.2 Å². The van der Waals surface area contributed by atoms with Crippen LogP contribution in [0.2, 0.25) is 0 Å². The van der Waals surface area contributed by atoms with Crippen molar-refractivity contribution in [3.63, 3.8) is 0 Å². The number of ether oxygens (including phenoxy) is 1. The van der Waals surface area contributed by atoms with Gasteiger partial charge >= 0.3 is 0 Å². The number of nitrogens with zero attached hydrogens (tertiary/aromatic N) is 4. The molecule has 2 aromatic heterocycles. The fourth-order valence-electron chi connectivity index (χ4n) is 3.77. The topological polar surface area (TPSA) is 90.5 Å². The van der Waals surface area contributed by atoms with Gasteiger partial charge in [0, 0.05) is 11.6 Å². The molecule has 8 heteroatoms. The van der Waals surface area contributed by atoms with Crippen LogP contribution in [0, 0.1) is 5.92 Å². The molecule has 0 spiro atoms. The van der Waals surface area contributed by atoms with Gasteiger partial charge in [-0.15, -0.1) is 0 Å². The Kier molecular flexibility index (Phi) is 5.33. The lowest BCUT2D eigenvalue weighted by molar-refractivity contribution is -0.122. The van der Waals surface area contributed by atoms with Gasteiger partial charge in [-0.3, -0.25) is 9.59 Å². The predicted molar refractivity (Wildman–Crippen MR) is 109 cm³/mol. The molecule has 29 heavy (non-hydrogen) atoms. The van der Waals surface area contributed by atoms with Gasteiger partial charge in [-0.25, -0.2) is 9.20 Å². The summed E-state index contributed by atoms with van der Waals surface area (Å²) in [6.45, 7) is 2.15. The number of methoxy groups -OCH3 is 1. The highest BCUT2D eigenvalue weighted by molar-refractivity contribution is 5.76. The number of carbonyl (C=O) groups is 1. The van der Waals surface area contributed by atoms with Crippen molar-refractivity contribution in [3.8, 4) is 17.0 Å². The number of carbonyl (C=O) groups excluding carboxylic acids is 1. The molecule has 0 unspecified atom stereocenters. The molecule has 1 aliphatic carbocycles. The van der Waals surface area contributed by atoms with E-state index < -0.39 is 0 Å². The van der Waals surface area contributed by atoms with Gasteiger partial charge in [0.15, 0.2) is 0 Å². The minimum atomic E-state index is -0.341. The van der Waals surface area contributed by atoms with Gasteiger partial charge in [-0.2, -0.15) is 10.2 Å². The standard InChI is InChI=1S/C21H25N5O3/c1-14-3-7-16(8-4-14)23-20(27)12-25-21(28)19-11-18(24-26(19)13-22-25)15-5-9-17(29-2)10-6-15/h5-6,9-11,13-14,16H,3-4,7-8,12H2,1-2H3,(H,23,27). The van der Waals surface area contributed by atoms with E-state index in [0.29, 0.717) is 11.2 Å². The summed E-state index contributed by atoms with van der Waals surface area (Å²) < 4.78 is 7.80. The number of hydrogen-bond donors (Lipinski definition) is 1. The predicted octanol–water partition coefficient (Wildman–Crippen LogP) is 2.26. The summed E-state index contributed by atoms with van der Waals surface area (Å²) in [7, 11) is 1.61. The Morgan fingerprint density at radius 3 is 2.62 bits per heavy atom. The van der Waals surface area contributed by atoms with Gasteiger partial charge in [-0.1, -0.05) is 6.92 Å². The van der Waals surface area contributed by atoms with Crippen molar-refractivity contribution in [2.24, 2.45) is 5.92 Å². The van der Waals surface area contributed by atoms with Crippen LogP contribution in [0.25, 0.3) is 16.8 Å². The molecule has 0 bridgehead atoms. The number of amides is 1. The number of nitrogens with one attached hydrogen (secondary N) is 1. The van der Waals surface area contributed by atoms with E-state index in [1.807, 2.05) is 24.3 Å². The Hall–Kier alpha value is -3.16. The molecule has 0 radical (unpaired) electrons. The van der Waals surface area contributed by atoms with E-state index >= 15 is 0 Å². The SMILES string of the molecule is COc1ccc(-c2cc3c(=O)n(CC(=O)NC4CCC(C)CC4)ncn3n2)cc1. The maximum atomic E-state index is 12.8. The molecule has 0 aliphatic heterocycles. The van der Waals surface area contributed by atoms with Crippen molar-refractivity contribution in [2.45, 2.75) is 45.2 Å². The molecule has 4 rings (SSSR count). The molecule has 1 N–H and O–H groups in total. The summed E-state index contributed by atoms with van der Waals surface area (Å²) >= 11 is 0. The van der Waals surface area contributed by atoms with Crippen LogP contribution < -0.4 is 15.6 Å². The minimum Gasteiger partial charge on any atom is -0.497 e. The van der Waals surface area contributed by atoms with Crippen molar-refractivity contribution in [2.75, 3.05) is 7.11 Å². The van der Waals surface area contributed by atoms with Gasteiger partial charge in [-0.05, 0) is 61.9 Å². The smallest absolute Gasteiger partial charge is 0.293 e. The second kappa shape index (κ2) is 8.06. The normalized spacial score (nSPS) is 19.2. The van der Waals surface area contributed by atoms with Crippen LogP contribution in [0.4, 0.5) is 0 Å². The molecule has 1 amide bonds. The fraction of sp³-hybridized carbons (Fsp3) is 0.429. The zero-order valence-electron chi connectivity index (χ0n) is 16.7. The zero-order valence-corrected chi connectivity index (χ0v) is 16.7. The zero-order chi connectivity index (χ0) is 20.4. The maximum absolute atomic E-state index is 12.8. The van der Waals surface area contributed by atoms with Crippen molar-refractivity contribution >= 4 is 11.4 Å². The highest BCUT2D eigenvalue weighted by atomic mass is 16.5. The third-order valence-corrected chi connectivity index (χ3v) is 5.55. The van der Waals surface area contributed by atoms with Crippen LogP contribution in [-0.4, -0.2) is 38.5 Å². The highest BCUT2D eigenvalue weighted by Crippen LogP contribution is 2.23. The molecule has 1 aliphatic rings. The lowest BCUT2D eigenvalue weighted by Gasteiger charge is -2.26. The van der Waals surface area contributed by atoms with Gasteiger partial charge in [0.05, 0.1) is 12.8 Å². The molecule has 2 heterocycles. The molecule has 3 aromatic rings. The number of benzene rings is 1. The van der Waals surface area contributed by atoms with Crippen molar-refractivity contribution in [3.05, 3.63) is 47.0 Å². The van der Waals surface area contributed by atoms with Gasteiger partial charge in [0.2, 0.25) is 5.91 Å². The van der Waals surface area contributed by atoms with E-state index in [4.69, 9.17) is 4.74 Å². The molecule has 8 nitrogen and oxygen atoms in total. The largest absolute Gasteiger partial charge is 0.497 e. The molecular weight excluding hydrogens is 370 g/mol. The average Bonchev–Trinajstić information content (AvgIpc) is 3.17. The summed E-state index contributed by atoms with van der Waals surface area (Å²) in [6, 6.07) is 9.34. The van der Waals surface area contributed by atoms with Crippen molar-refractivity contribution < 1.29 is 9.53 Å². The van der Waals surface area contributed by atoms with E-state index in [9.17, 15) is 9.59 Å². The maximum Gasteiger partial charge on any atom is 0.293 e. The van der Waals surface area contributed by atoms with Crippen LogP contribution >= 0.6 is 0 Å². The summed E-state index contributed by atoms with van der Waals surface area (Å²) in [4.78, 5) is 25.2. The lowest BCUT2D eigenvalue weighted by atomic mass is 9.87. The molecular formula is C21H25N5O3. The highest BCUT2D eigenvalue weighted by Gasteiger charge is 2.20. The summed E-state index contributed by atoms with van der Waals surface area (Å²) in [5.74, 6) is 1.29. The molecule has 1 fully saturated rings.